The number of anilines is 1. The number of carboxylic acid groups (broad SMARTS) is 1. The van der Waals surface area contributed by atoms with Crippen molar-refractivity contribution in [3.8, 4) is 0 Å². The van der Waals surface area contributed by atoms with Crippen LogP contribution in [0, 0.1) is 20.8 Å². The van der Waals surface area contributed by atoms with Crippen molar-refractivity contribution in [2.75, 3.05) is 5.32 Å². The molecule has 1 amide bonds. The number of aromatic nitrogens is 3. The molecule has 3 aromatic heterocycles. The molecule has 0 aromatic carbocycles. The average Bonchev–Trinajstić information content (AvgIpc) is 3.02. The minimum absolute atomic E-state index is 0.174. The molecule has 0 bridgehead atoms. The molecule has 0 spiro atoms. The van der Waals surface area contributed by atoms with Gasteiger partial charge in [-0.25, -0.2) is 9.78 Å². The van der Waals surface area contributed by atoms with Crippen LogP contribution in [0.2, 0.25) is 0 Å². The molecule has 136 valence electrons. The highest BCUT2D eigenvalue weighted by molar-refractivity contribution is 7.16. The summed E-state index contributed by atoms with van der Waals surface area (Å²) in [6.07, 6.45) is 0.597. The van der Waals surface area contributed by atoms with Crippen LogP contribution in [-0.2, 0) is 13.5 Å². The zero-order chi connectivity index (χ0) is 19.2. The minimum atomic E-state index is -1.03. The first kappa shape index (κ1) is 18.1. The summed E-state index contributed by atoms with van der Waals surface area (Å²) < 4.78 is 1.64. The standard InChI is InChI=1S/C18H20N4O3S/c1-6-11-10(4)26-17(14(11)18(24)25)20-16(23)12-7-8(2)19-15-13(12)9(3)21-22(15)5/h7H,6H2,1-5H3,(H,20,23)(H,24,25). The monoisotopic (exact) mass is 372 g/mol. The number of aryl methyl sites for hydroxylation is 4. The van der Waals surface area contributed by atoms with Crippen LogP contribution in [0.4, 0.5) is 5.00 Å². The molecule has 0 saturated carbocycles. The molecular formula is C18H20N4O3S. The lowest BCUT2D eigenvalue weighted by atomic mass is 10.1. The summed E-state index contributed by atoms with van der Waals surface area (Å²) in [7, 11) is 1.78. The highest BCUT2D eigenvalue weighted by atomic mass is 32.1. The normalized spacial score (nSPS) is 11.1. The second-order valence-electron chi connectivity index (χ2n) is 6.17. The maximum atomic E-state index is 13.0. The molecule has 0 aliphatic carbocycles. The van der Waals surface area contributed by atoms with Gasteiger partial charge < -0.3 is 10.4 Å². The molecule has 2 N–H and O–H groups in total. The highest BCUT2D eigenvalue weighted by Crippen LogP contribution is 2.34. The third kappa shape index (κ3) is 2.86. The smallest absolute Gasteiger partial charge is 0.339 e. The molecule has 0 fully saturated rings. The average molecular weight is 372 g/mol. The lowest BCUT2D eigenvalue weighted by Crippen LogP contribution is -2.15. The van der Waals surface area contributed by atoms with Gasteiger partial charge in [0, 0.05) is 17.6 Å². The van der Waals surface area contributed by atoms with E-state index in [1.807, 2.05) is 27.7 Å². The number of nitrogens with zero attached hydrogens (tertiary/aromatic N) is 3. The minimum Gasteiger partial charge on any atom is -0.478 e. The number of thiophene rings is 1. The van der Waals surface area contributed by atoms with Crippen LogP contribution in [0.15, 0.2) is 6.07 Å². The van der Waals surface area contributed by atoms with Crippen molar-refractivity contribution in [1.82, 2.24) is 14.8 Å². The molecule has 3 rings (SSSR count). The van der Waals surface area contributed by atoms with Crippen LogP contribution < -0.4 is 5.32 Å². The van der Waals surface area contributed by atoms with E-state index in [0.29, 0.717) is 39.4 Å². The van der Waals surface area contributed by atoms with Crippen LogP contribution >= 0.6 is 11.3 Å². The number of carboxylic acids is 1. The predicted octanol–water partition coefficient (Wildman–Crippen LogP) is 3.47. The van der Waals surface area contributed by atoms with E-state index in [2.05, 4.69) is 15.4 Å². The number of carbonyl (C=O) groups is 2. The topological polar surface area (TPSA) is 97.1 Å². The number of aromatic carboxylic acids is 1. The van der Waals surface area contributed by atoms with Gasteiger partial charge in [-0.15, -0.1) is 11.3 Å². The molecule has 26 heavy (non-hydrogen) atoms. The Balaban J connectivity index is 2.10. The molecule has 0 radical (unpaired) electrons. The first-order chi connectivity index (χ1) is 12.2. The van der Waals surface area contributed by atoms with E-state index in [9.17, 15) is 14.7 Å². The molecule has 8 heteroatoms. The zero-order valence-electron chi connectivity index (χ0n) is 15.3. The Bertz CT molecular complexity index is 1050. The summed E-state index contributed by atoms with van der Waals surface area (Å²) in [6, 6.07) is 1.70. The Morgan fingerprint density at radius 1 is 1.31 bits per heavy atom. The Hall–Kier alpha value is -2.74. The van der Waals surface area contributed by atoms with Gasteiger partial charge in [0.2, 0.25) is 0 Å². The van der Waals surface area contributed by atoms with Crippen molar-refractivity contribution in [1.29, 1.82) is 0 Å². The number of hydrogen-bond donors (Lipinski definition) is 2. The van der Waals surface area contributed by atoms with Crippen LogP contribution in [-0.4, -0.2) is 31.7 Å². The zero-order valence-corrected chi connectivity index (χ0v) is 16.1. The Morgan fingerprint density at radius 3 is 2.62 bits per heavy atom. The van der Waals surface area contributed by atoms with Gasteiger partial charge in [-0.2, -0.15) is 5.10 Å². The summed E-state index contributed by atoms with van der Waals surface area (Å²) in [5.41, 5.74) is 3.40. The van der Waals surface area contributed by atoms with Gasteiger partial charge in [0.1, 0.15) is 5.00 Å². The number of fused-ring (bicyclic) bond motifs is 1. The fraction of sp³-hybridized carbons (Fsp3) is 0.333. The number of carbonyl (C=O) groups excluding carboxylic acids is 1. The van der Waals surface area contributed by atoms with Gasteiger partial charge in [-0.1, -0.05) is 6.92 Å². The maximum absolute atomic E-state index is 13.0. The first-order valence-corrected chi connectivity index (χ1v) is 9.04. The van der Waals surface area contributed by atoms with E-state index in [-0.39, 0.29) is 11.5 Å². The van der Waals surface area contributed by atoms with E-state index in [4.69, 9.17) is 0 Å². The van der Waals surface area contributed by atoms with E-state index >= 15 is 0 Å². The fourth-order valence-electron chi connectivity index (χ4n) is 3.24. The number of pyridine rings is 1. The third-order valence-electron chi connectivity index (χ3n) is 4.34. The quantitative estimate of drug-likeness (QED) is 0.731. The molecule has 3 aromatic rings. The van der Waals surface area contributed by atoms with Crippen molar-refractivity contribution in [2.45, 2.75) is 34.1 Å². The van der Waals surface area contributed by atoms with Gasteiger partial charge in [-0.3, -0.25) is 9.48 Å². The molecule has 0 aliphatic heterocycles. The summed E-state index contributed by atoms with van der Waals surface area (Å²) in [4.78, 5) is 30.0. The summed E-state index contributed by atoms with van der Waals surface area (Å²) >= 11 is 1.29. The van der Waals surface area contributed by atoms with Crippen LogP contribution in [0.1, 0.15) is 49.5 Å². The lowest BCUT2D eigenvalue weighted by molar-refractivity contribution is 0.0697. The van der Waals surface area contributed by atoms with Crippen molar-refractivity contribution in [3.63, 3.8) is 0 Å². The number of rotatable bonds is 4. The van der Waals surface area contributed by atoms with Crippen molar-refractivity contribution in [3.05, 3.63) is 39.0 Å². The highest BCUT2D eigenvalue weighted by Gasteiger charge is 2.24. The third-order valence-corrected chi connectivity index (χ3v) is 5.41. The van der Waals surface area contributed by atoms with E-state index in [0.717, 1.165) is 10.4 Å². The Kier molecular flexibility index (Phi) is 4.53. The molecule has 7 nitrogen and oxygen atoms in total. The summed E-state index contributed by atoms with van der Waals surface area (Å²) in [5, 5.41) is 17.7. The second-order valence-corrected chi connectivity index (χ2v) is 7.40. The Labute approximate surface area is 154 Å². The summed E-state index contributed by atoms with van der Waals surface area (Å²) in [6.45, 7) is 7.41. The number of nitrogens with one attached hydrogen (secondary N) is 1. The van der Waals surface area contributed by atoms with E-state index in [1.165, 1.54) is 11.3 Å². The molecule has 0 unspecified atom stereocenters. The molecule has 0 aliphatic rings. The molecule has 0 atom stereocenters. The largest absolute Gasteiger partial charge is 0.478 e. The van der Waals surface area contributed by atoms with Gasteiger partial charge in [0.05, 0.1) is 22.2 Å². The van der Waals surface area contributed by atoms with Crippen molar-refractivity contribution < 1.29 is 14.7 Å². The molecule has 3 heterocycles. The molecule has 0 saturated heterocycles. The van der Waals surface area contributed by atoms with Crippen molar-refractivity contribution in [2.24, 2.45) is 7.05 Å². The van der Waals surface area contributed by atoms with Gasteiger partial charge in [-0.05, 0) is 38.8 Å². The number of amides is 1. The summed E-state index contributed by atoms with van der Waals surface area (Å²) in [5.74, 6) is -1.39. The van der Waals surface area contributed by atoms with Gasteiger partial charge in [0.15, 0.2) is 5.65 Å². The van der Waals surface area contributed by atoms with Crippen LogP contribution in [0.5, 0.6) is 0 Å². The molecular weight excluding hydrogens is 352 g/mol. The maximum Gasteiger partial charge on any atom is 0.339 e. The van der Waals surface area contributed by atoms with E-state index < -0.39 is 5.97 Å². The van der Waals surface area contributed by atoms with Crippen LogP contribution in [0.25, 0.3) is 11.0 Å². The second kappa shape index (κ2) is 6.53. The fourth-order valence-corrected chi connectivity index (χ4v) is 4.37. The number of hydrogen-bond acceptors (Lipinski definition) is 5. The van der Waals surface area contributed by atoms with Gasteiger partial charge in [0.25, 0.3) is 5.91 Å². The lowest BCUT2D eigenvalue weighted by Gasteiger charge is -2.08. The van der Waals surface area contributed by atoms with Gasteiger partial charge >= 0.3 is 5.97 Å². The van der Waals surface area contributed by atoms with Crippen molar-refractivity contribution >= 4 is 39.2 Å². The van der Waals surface area contributed by atoms with E-state index in [1.54, 1.807) is 17.8 Å². The van der Waals surface area contributed by atoms with Crippen LogP contribution in [0.3, 0.4) is 0 Å². The predicted molar refractivity (Wildman–Crippen MR) is 101 cm³/mol. The SMILES string of the molecule is CCc1c(C)sc(NC(=O)c2cc(C)nc3c2c(C)nn3C)c1C(=O)O. The first-order valence-electron chi connectivity index (χ1n) is 8.22. The Morgan fingerprint density at radius 2 is 2.00 bits per heavy atom.